The molecule has 1 aliphatic rings. The summed E-state index contributed by atoms with van der Waals surface area (Å²) < 4.78 is 17.7. The van der Waals surface area contributed by atoms with Crippen molar-refractivity contribution in [2.24, 2.45) is 5.41 Å². The molecule has 0 aromatic heterocycles. The summed E-state index contributed by atoms with van der Waals surface area (Å²) in [5.74, 6) is 0.506. The largest absolute Gasteiger partial charge is 0.449 e. The number of ether oxygens (including phenoxy) is 1. The van der Waals surface area contributed by atoms with Crippen molar-refractivity contribution < 1.29 is 33.9 Å². The molecule has 1 heterocycles. The van der Waals surface area contributed by atoms with Crippen LogP contribution in [0.5, 0.6) is 11.5 Å². The fourth-order valence-electron chi connectivity index (χ4n) is 4.77. The van der Waals surface area contributed by atoms with Crippen LogP contribution in [0.15, 0.2) is 24.3 Å². The number of hydrogen-bond acceptors (Lipinski definition) is 7. The van der Waals surface area contributed by atoms with Crippen LogP contribution in [-0.4, -0.2) is 47.7 Å². The summed E-state index contributed by atoms with van der Waals surface area (Å²) in [6, 6.07) is 8.32. The van der Waals surface area contributed by atoms with Crippen LogP contribution in [0.4, 0.5) is 0 Å². The second-order valence-corrected chi connectivity index (χ2v) is 14.9. The van der Waals surface area contributed by atoms with Gasteiger partial charge < -0.3 is 29.1 Å². The highest BCUT2D eigenvalue weighted by Crippen LogP contribution is 2.49. The zero-order chi connectivity index (χ0) is 30.3. The molecule has 8 heteroatoms. The smallest absolute Gasteiger partial charge is 0.323 e. The van der Waals surface area contributed by atoms with Crippen molar-refractivity contribution in [3.8, 4) is 11.5 Å². The first-order valence-corrected chi connectivity index (χ1v) is 14.6. The van der Waals surface area contributed by atoms with E-state index < -0.39 is 40.2 Å². The normalized spacial score (nSPS) is 16.5. The van der Waals surface area contributed by atoms with Crippen LogP contribution in [-0.2, 0) is 25.6 Å². The summed E-state index contributed by atoms with van der Waals surface area (Å²) in [6.07, 6.45) is 0. The Bertz CT molecular complexity index is 1220. The van der Waals surface area contributed by atoms with E-state index in [0.717, 1.165) is 33.4 Å². The van der Waals surface area contributed by atoms with Gasteiger partial charge in [-0.05, 0) is 39.9 Å². The fourth-order valence-corrected chi connectivity index (χ4v) is 5.55. The third kappa shape index (κ3) is 6.71. The molecule has 0 bridgehead atoms. The predicted octanol–water partition coefficient (Wildman–Crippen LogP) is 5.81. The van der Waals surface area contributed by atoms with Gasteiger partial charge in [0.25, 0.3) is 0 Å². The Labute approximate surface area is 241 Å². The first-order chi connectivity index (χ1) is 18.4. The van der Waals surface area contributed by atoms with Crippen molar-refractivity contribution >= 4 is 15.0 Å². The van der Waals surface area contributed by atoms with Gasteiger partial charge in [0.05, 0.1) is 31.8 Å². The Kier molecular flexibility index (Phi) is 9.50. The van der Waals surface area contributed by atoms with Gasteiger partial charge >= 0.3 is 5.97 Å². The molecule has 0 spiro atoms. The van der Waals surface area contributed by atoms with E-state index in [9.17, 15) is 20.1 Å². The van der Waals surface area contributed by atoms with E-state index in [1.807, 2.05) is 19.1 Å². The van der Waals surface area contributed by atoms with Gasteiger partial charge in [-0.25, -0.2) is 0 Å². The number of aliphatic hydroxyl groups is 3. The van der Waals surface area contributed by atoms with Crippen molar-refractivity contribution in [3.63, 3.8) is 0 Å². The van der Waals surface area contributed by atoms with Gasteiger partial charge in [-0.3, -0.25) is 4.79 Å². The van der Waals surface area contributed by atoms with Gasteiger partial charge in [0.15, 0.2) is 0 Å². The van der Waals surface area contributed by atoms with E-state index in [4.69, 9.17) is 13.8 Å². The first-order valence-electron chi connectivity index (χ1n) is 13.8. The molecular formula is C32H47O7P. The Morgan fingerprint density at radius 1 is 0.825 bits per heavy atom. The van der Waals surface area contributed by atoms with E-state index in [2.05, 4.69) is 74.4 Å². The van der Waals surface area contributed by atoms with E-state index in [1.165, 1.54) is 0 Å². The average molecular weight is 575 g/mol. The maximum atomic E-state index is 13.5. The minimum atomic E-state index is -1.13. The highest BCUT2D eigenvalue weighted by Gasteiger charge is 2.40. The molecule has 0 aliphatic carbocycles. The number of carbonyl (C=O) groups excluding carboxylic acids is 1. The topological polar surface area (TPSA) is 105 Å². The number of aryl methyl sites for hydroxylation is 1. The number of esters is 1. The summed E-state index contributed by atoms with van der Waals surface area (Å²) in [4.78, 5) is 13.5. The molecule has 2 unspecified atom stereocenters. The number of benzene rings is 2. The van der Waals surface area contributed by atoms with Crippen LogP contribution >= 0.6 is 9.03 Å². The van der Waals surface area contributed by atoms with E-state index in [-0.39, 0.29) is 28.8 Å². The number of aliphatic hydroxyl groups excluding tert-OH is 3. The molecule has 0 saturated carbocycles. The number of rotatable bonds is 9. The Hall–Kier alpha value is -2.02. The highest BCUT2D eigenvalue weighted by molar-refractivity contribution is 7.26. The molecule has 222 valence electrons. The molecule has 0 fully saturated rings. The lowest BCUT2D eigenvalue weighted by Crippen LogP contribution is -2.38. The maximum absolute atomic E-state index is 13.5. The molecule has 0 amide bonds. The van der Waals surface area contributed by atoms with Crippen LogP contribution in [0.1, 0.15) is 102 Å². The zero-order valence-corrected chi connectivity index (χ0v) is 26.7. The lowest BCUT2D eigenvalue weighted by Gasteiger charge is -2.28. The van der Waals surface area contributed by atoms with Gasteiger partial charge in [-0.2, -0.15) is 0 Å². The van der Waals surface area contributed by atoms with Gasteiger partial charge in [-0.15, -0.1) is 0 Å². The zero-order valence-electron chi connectivity index (χ0n) is 25.7. The van der Waals surface area contributed by atoms with Crippen LogP contribution in [0.2, 0.25) is 0 Å². The summed E-state index contributed by atoms with van der Waals surface area (Å²) in [7, 11) is -0.408. The molecule has 0 saturated heterocycles. The van der Waals surface area contributed by atoms with Gasteiger partial charge in [0.2, 0.25) is 9.03 Å². The first kappa shape index (κ1) is 32.5. The predicted molar refractivity (Wildman–Crippen MR) is 160 cm³/mol. The minimum absolute atomic E-state index is 0.0478. The van der Waals surface area contributed by atoms with Crippen LogP contribution < -0.4 is 9.26 Å². The second kappa shape index (κ2) is 11.7. The number of fused-ring (bicyclic) bond motifs is 1. The van der Waals surface area contributed by atoms with Gasteiger partial charge in [0.1, 0.15) is 17.4 Å². The third-order valence-corrected chi connectivity index (χ3v) is 8.12. The lowest BCUT2D eigenvalue weighted by molar-refractivity contribution is -0.133. The Morgan fingerprint density at radius 3 is 1.90 bits per heavy atom. The van der Waals surface area contributed by atoms with Gasteiger partial charge in [0, 0.05) is 16.7 Å². The molecule has 3 rings (SSSR count). The summed E-state index contributed by atoms with van der Waals surface area (Å²) in [6.45, 7) is 19.9. The number of carbonyl (C=O) groups is 1. The standard InChI is InChI=1S/C32H47O7P/c1-19-11-20(12-23(30(5,6)7)26(19)39-40-37-18-32(15-33,16-34)17-35)25-22-13-21(29(2,3)4)14-24(31(8,9)10)27(22)38-28(25)36/h11-14,25,33-35,40H,15-18H2,1-10H3. The van der Waals surface area contributed by atoms with Gasteiger partial charge in [-0.1, -0.05) is 86.6 Å². The molecule has 3 N–H and O–H groups in total. The number of hydrogen-bond donors (Lipinski definition) is 3. The molecule has 2 aromatic carbocycles. The van der Waals surface area contributed by atoms with E-state index >= 15 is 0 Å². The molecule has 7 nitrogen and oxygen atoms in total. The average Bonchev–Trinajstić information content (AvgIpc) is 3.18. The molecule has 1 aliphatic heterocycles. The Morgan fingerprint density at radius 2 is 1.40 bits per heavy atom. The fraction of sp³-hybridized carbons (Fsp3) is 0.594. The molecule has 40 heavy (non-hydrogen) atoms. The quantitative estimate of drug-likeness (QED) is 0.150. The Balaban J connectivity index is 2.06. The maximum Gasteiger partial charge on any atom is 0.323 e. The monoisotopic (exact) mass is 574 g/mol. The van der Waals surface area contributed by atoms with Crippen molar-refractivity contribution in [2.75, 3.05) is 26.4 Å². The van der Waals surface area contributed by atoms with Crippen molar-refractivity contribution in [2.45, 2.75) is 91.4 Å². The van der Waals surface area contributed by atoms with Crippen LogP contribution in [0.25, 0.3) is 0 Å². The summed E-state index contributed by atoms with van der Waals surface area (Å²) in [5, 5.41) is 28.7. The van der Waals surface area contributed by atoms with Crippen molar-refractivity contribution in [1.82, 2.24) is 0 Å². The minimum Gasteiger partial charge on any atom is -0.449 e. The highest BCUT2D eigenvalue weighted by atomic mass is 31.1. The van der Waals surface area contributed by atoms with Crippen molar-refractivity contribution in [3.05, 3.63) is 57.6 Å². The van der Waals surface area contributed by atoms with Crippen molar-refractivity contribution in [1.29, 1.82) is 0 Å². The third-order valence-electron chi connectivity index (χ3n) is 7.57. The lowest BCUT2D eigenvalue weighted by atomic mass is 9.76. The van der Waals surface area contributed by atoms with Crippen LogP contribution in [0.3, 0.4) is 0 Å². The van der Waals surface area contributed by atoms with E-state index in [0.29, 0.717) is 11.5 Å². The molecule has 2 aromatic rings. The van der Waals surface area contributed by atoms with Crippen LogP contribution in [0, 0.1) is 12.3 Å². The molecule has 0 radical (unpaired) electrons. The molecule has 2 atom stereocenters. The van der Waals surface area contributed by atoms with E-state index in [1.54, 1.807) is 0 Å². The summed E-state index contributed by atoms with van der Waals surface area (Å²) >= 11 is 0. The second-order valence-electron chi connectivity index (χ2n) is 14.2. The summed E-state index contributed by atoms with van der Waals surface area (Å²) in [5.41, 5.74) is 4.00. The molecular weight excluding hydrogens is 527 g/mol. The SMILES string of the molecule is Cc1cc(C2C(=O)Oc3c2cc(C(C)(C)C)cc3C(C)(C)C)cc(C(C)(C)C)c1OPOCC(CO)(CO)CO.